The highest BCUT2D eigenvalue weighted by Crippen LogP contribution is 2.44. The molecule has 21 heteroatoms. The van der Waals surface area contributed by atoms with Gasteiger partial charge in [0.05, 0.1) is 45.7 Å². The third-order valence-corrected chi connectivity index (χ3v) is 18.6. The number of thiazole rings is 1. The van der Waals surface area contributed by atoms with Gasteiger partial charge >= 0.3 is 12.1 Å². The SMILES string of the molecule is CCc1cccc2cc(O)cc(-c3ncc4c(N5CC6CCC(C5)N6)nc(OC[C@]56CCCN5[C@@H](COC(=O)NCc5cc([C@H](C(=O)N7C[C@H](O)C[C@H]7C(=O)N[C@@H](C)c7ccc(-c8scnc8C)cc7)C(C)C)on5)CC6)nc4c3F)c12. The van der Waals surface area contributed by atoms with E-state index in [1.165, 1.54) is 4.90 Å². The highest BCUT2D eigenvalue weighted by molar-refractivity contribution is 7.13. The summed E-state index contributed by atoms with van der Waals surface area (Å²) in [5.41, 5.74) is 6.44. The number of carbonyl (C=O) groups excluding carboxylic acids is 3. The van der Waals surface area contributed by atoms with E-state index in [1.807, 2.05) is 82.6 Å². The van der Waals surface area contributed by atoms with Gasteiger partial charge in [-0.2, -0.15) is 9.97 Å². The van der Waals surface area contributed by atoms with Gasteiger partial charge in [-0.25, -0.2) is 14.2 Å². The number of likely N-dealkylation sites (tertiary alicyclic amines) is 1. The lowest BCUT2D eigenvalue weighted by molar-refractivity contribution is -0.141. The first-order valence-corrected chi connectivity index (χ1v) is 29.7. The van der Waals surface area contributed by atoms with Crippen molar-refractivity contribution in [2.24, 2.45) is 5.92 Å². The van der Waals surface area contributed by atoms with Gasteiger partial charge in [0, 0.05) is 62.0 Å². The number of aromatic nitrogens is 5. The van der Waals surface area contributed by atoms with E-state index in [0.29, 0.717) is 42.0 Å². The fourth-order valence-electron chi connectivity index (χ4n) is 13.5. The number of halogens is 1. The Morgan fingerprint density at radius 1 is 1.00 bits per heavy atom. The number of phenols is 1. The smallest absolute Gasteiger partial charge is 0.407 e. The Balaban J connectivity index is 0.682. The van der Waals surface area contributed by atoms with E-state index in [1.54, 1.807) is 35.7 Å². The number of anilines is 1. The van der Waals surface area contributed by atoms with E-state index in [9.17, 15) is 24.6 Å². The molecule has 0 spiro atoms. The summed E-state index contributed by atoms with van der Waals surface area (Å²) in [4.78, 5) is 67.4. The molecule has 430 valence electrons. The second kappa shape index (κ2) is 22.8. The number of hydrogen-bond acceptors (Lipinski definition) is 17. The highest BCUT2D eigenvalue weighted by atomic mass is 32.1. The van der Waals surface area contributed by atoms with Crippen molar-refractivity contribution in [3.8, 4) is 33.5 Å². The van der Waals surface area contributed by atoms with Gasteiger partial charge in [-0.05, 0) is 111 Å². The second-order valence-electron chi connectivity index (χ2n) is 23.3. The van der Waals surface area contributed by atoms with Crippen molar-refractivity contribution < 1.29 is 43.0 Å². The summed E-state index contributed by atoms with van der Waals surface area (Å²) in [5, 5.41) is 37.4. The quantitative estimate of drug-likeness (QED) is 0.0575. The third kappa shape index (κ3) is 10.7. The number of nitrogens with one attached hydrogen (secondary N) is 3. The van der Waals surface area contributed by atoms with Crippen LogP contribution < -0.4 is 25.6 Å². The number of β-amino-alcohol motifs (C(OH)–C–C–N with tert-alkyl or cyclic N) is 1. The van der Waals surface area contributed by atoms with Gasteiger partial charge in [-0.3, -0.25) is 19.5 Å². The number of aliphatic hydroxyl groups excluding tert-OH is 1. The molecule has 9 heterocycles. The lowest BCUT2D eigenvalue weighted by Crippen LogP contribution is -2.51. The Labute approximate surface area is 479 Å². The van der Waals surface area contributed by atoms with E-state index < -0.39 is 30.0 Å². The number of aromatic hydroxyl groups is 1. The molecule has 0 aliphatic carbocycles. The molecule has 7 aromatic rings. The Morgan fingerprint density at radius 3 is 2.56 bits per heavy atom. The molecule has 5 saturated heterocycles. The van der Waals surface area contributed by atoms with E-state index in [4.69, 9.17) is 28.9 Å². The van der Waals surface area contributed by atoms with Gasteiger partial charge < -0.3 is 50.0 Å². The molecule has 8 atom stereocenters. The van der Waals surface area contributed by atoms with Crippen molar-refractivity contribution in [2.45, 2.75) is 140 Å². The number of benzene rings is 3. The van der Waals surface area contributed by atoms with E-state index in [-0.39, 0.29) is 109 Å². The molecule has 12 rings (SSSR count). The highest BCUT2D eigenvalue weighted by Gasteiger charge is 2.50. The maximum Gasteiger partial charge on any atom is 0.407 e. The van der Waals surface area contributed by atoms with Crippen molar-refractivity contribution in [3.63, 3.8) is 0 Å². The summed E-state index contributed by atoms with van der Waals surface area (Å²) in [6.07, 6.45) is 6.38. The zero-order valence-corrected chi connectivity index (χ0v) is 47.7. The lowest BCUT2D eigenvalue weighted by atomic mass is 9.91. The number of fused-ring (bicyclic) bond motifs is 5. The number of aliphatic hydroxyl groups is 1. The number of carbonyl (C=O) groups is 3. The minimum absolute atomic E-state index is 0.00276. The molecule has 3 aromatic carbocycles. The van der Waals surface area contributed by atoms with E-state index >= 15 is 4.39 Å². The Morgan fingerprint density at radius 2 is 1.80 bits per heavy atom. The maximum absolute atomic E-state index is 17.3. The van der Waals surface area contributed by atoms with Crippen LogP contribution in [0.3, 0.4) is 0 Å². The molecule has 5 aliphatic rings. The molecule has 4 aromatic heterocycles. The van der Waals surface area contributed by atoms with Crippen LogP contribution in [-0.2, 0) is 27.3 Å². The molecule has 2 unspecified atom stereocenters. The zero-order chi connectivity index (χ0) is 57.0. The van der Waals surface area contributed by atoms with Crippen LogP contribution >= 0.6 is 11.3 Å². The first-order chi connectivity index (χ1) is 39.6. The normalized spacial score (nSPS) is 23.2. The third-order valence-electron chi connectivity index (χ3n) is 17.6. The van der Waals surface area contributed by atoms with E-state index in [2.05, 4.69) is 35.9 Å². The molecule has 0 radical (unpaired) electrons. The standard InChI is InChI=1S/C61H70FN11O8S/c1-6-36-9-7-10-39-21-44(74)23-46(51(36)39)53-52(62)54-47(26-63-53)56(71-27-40-15-16-41(28-71)67-40)69-59(68-54)80-31-61-18-8-20-73(61)43(17-19-61)30-79-60(78)64-25-42-22-49(81-70-42)50(33(2)3)58(77)72-29-45(75)24-48(72)57(76)66-34(4)37-11-13-38(14-12-37)55-35(5)65-32-82-55/h7,9-14,21-23,26,32-34,40-41,43,45,48,50,67,74-75H,6,8,15-20,24-25,27-31H2,1-5H3,(H,64,78)(H,66,76)/t34-,40?,41?,43+,45+,48-,50+,61+/m0/s1. The number of rotatable bonds is 17. The number of phenolic OH excluding ortho intramolecular Hbond substituents is 1. The number of amides is 3. The van der Waals surface area contributed by atoms with Crippen LogP contribution in [-0.4, -0.2) is 138 Å². The average Bonchev–Trinajstić information content (AvgIpc) is 4.53. The lowest BCUT2D eigenvalue weighted by Gasteiger charge is -2.35. The predicted octanol–water partition coefficient (Wildman–Crippen LogP) is 8.49. The largest absolute Gasteiger partial charge is 0.508 e. The molecular formula is C61H70FN11O8S. The Kier molecular flexibility index (Phi) is 15.3. The topological polar surface area (TPSA) is 234 Å². The molecule has 5 N–H and O–H groups in total. The number of pyridine rings is 1. The molecule has 0 saturated carbocycles. The van der Waals surface area contributed by atoms with Gasteiger partial charge in [0.1, 0.15) is 59.4 Å². The number of ether oxygens (including phenoxy) is 2. The first kappa shape index (κ1) is 55.2. The minimum Gasteiger partial charge on any atom is -0.508 e. The summed E-state index contributed by atoms with van der Waals surface area (Å²) in [6, 6.07) is 18.0. The van der Waals surface area contributed by atoms with Crippen LogP contribution in [0.25, 0.3) is 43.4 Å². The second-order valence-corrected chi connectivity index (χ2v) is 24.2. The molecule has 2 bridgehead atoms. The van der Waals surface area contributed by atoms with Gasteiger partial charge in [-0.15, -0.1) is 11.3 Å². The van der Waals surface area contributed by atoms with Crippen molar-refractivity contribution in [3.05, 3.63) is 106 Å². The van der Waals surface area contributed by atoms with Crippen LogP contribution in [0.5, 0.6) is 11.8 Å². The van der Waals surface area contributed by atoms with Crippen molar-refractivity contribution >= 4 is 56.7 Å². The zero-order valence-electron chi connectivity index (χ0n) is 46.9. The van der Waals surface area contributed by atoms with Gasteiger partial charge in [0.25, 0.3) is 0 Å². The first-order valence-electron chi connectivity index (χ1n) is 28.8. The van der Waals surface area contributed by atoms with Crippen LogP contribution in [0.1, 0.15) is 113 Å². The number of piperazine rings is 1. The minimum atomic E-state index is -0.890. The monoisotopic (exact) mass is 1140 g/mol. The fraction of sp³-hybridized carbons (Fsp3) is 0.475. The number of alkyl carbamates (subject to hydrolysis) is 1. The van der Waals surface area contributed by atoms with Crippen LogP contribution in [0, 0.1) is 18.7 Å². The summed E-state index contributed by atoms with van der Waals surface area (Å²) in [7, 11) is 0. The van der Waals surface area contributed by atoms with Crippen molar-refractivity contribution in [2.75, 3.05) is 44.3 Å². The van der Waals surface area contributed by atoms with E-state index in [0.717, 1.165) is 83.1 Å². The predicted molar refractivity (Wildman–Crippen MR) is 308 cm³/mol. The molecule has 82 heavy (non-hydrogen) atoms. The van der Waals surface area contributed by atoms with Crippen LogP contribution in [0.15, 0.2) is 76.9 Å². The fourth-order valence-corrected chi connectivity index (χ4v) is 14.3. The number of hydrogen-bond donors (Lipinski definition) is 5. The summed E-state index contributed by atoms with van der Waals surface area (Å²) < 4.78 is 35.5. The van der Waals surface area contributed by atoms with Crippen molar-refractivity contribution in [1.82, 2.24) is 50.8 Å². The molecular weight excluding hydrogens is 1070 g/mol. The maximum atomic E-state index is 17.3. The summed E-state index contributed by atoms with van der Waals surface area (Å²) >= 11 is 1.57. The van der Waals surface area contributed by atoms with Gasteiger partial charge in [0.2, 0.25) is 11.8 Å². The molecule has 5 fully saturated rings. The summed E-state index contributed by atoms with van der Waals surface area (Å²) in [6.45, 7) is 12.2. The Hall–Kier alpha value is -7.33. The van der Waals surface area contributed by atoms with Gasteiger partial charge in [0.15, 0.2) is 5.82 Å². The average molecular weight is 1140 g/mol. The Bertz CT molecular complexity index is 3530. The van der Waals surface area contributed by atoms with Crippen LogP contribution in [0.4, 0.5) is 15.0 Å². The molecule has 19 nitrogen and oxygen atoms in total. The summed E-state index contributed by atoms with van der Waals surface area (Å²) in [5.74, 6) is -1.51. The molecule has 5 aliphatic heterocycles. The van der Waals surface area contributed by atoms with Crippen molar-refractivity contribution in [1.29, 1.82) is 0 Å². The van der Waals surface area contributed by atoms with Crippen LogP contribution in [0.2, 0.25) is 0 Å². The number of aryl methyl sites for hydroxylation is 2. The number of nitrogens with zero attached hydrogens (tertiary/aromatic N) is 8. The van der Waals surface area contributed by atoms with Gasteiger partial charge in [-0.1, -0.05) is 68.4 Å². The molecule has 3 amide bonds.